The van der Waals surface area contributed by atoms with Crippen LogP contribution < -0.4 is 5.32 Å². The van der Waals surface area contributed by atoms with E-state index >= 15 is 0 Å². The Hall–Kier alpha value is -2.62. The zero-order chi connectivity index (χ0) is 22.5. The number of sulfonamides is 1. The quantitative estimate of drug-likeness (QED) is 0.592. The number of rotatable bonds is 8. The summed E-state index contributed by atoms with van der Waals surface area (Å²) in [5.41, 5.74) is 0.804. The van der Waals surface area contributed by atoms with Crippen molar-refractivity contribution in [3.05, 3.63) is 52.5 Å². The maximum atomic E-state index is 12.7. The molecule has 1 amide bonds. The van der Waals surface area contributed by atoms with Gasteiger partial charge in [0.15, 0.2) is 6.61 Å². The van der Waals surface area contributed by atoms with Crippen molar-refractivity contribution in [1.82, 2.24) is 4.31 Å². The van der Waals surface area contributed by atoms with Crippen LogP contribution in [0.4, 0.5) is 5.69 Å². The average Bonchev–Trinajstić information content (AvgIpc) is 2.68. The lowest BCUT2D eigenvalue weighted by Gasteiger charge is -2.19. The number of phenolic OH excluding ortho intramolecular Hbond substituents is 1. The standard InChI is InChI=1S/C20H23ClN2O6S/c1-4-23(5-2)30(27,28)15-8-6-13(3)17(11-15)22-19(25)12-29-20(26)16-9-7-14(21)10-18(16)24/h6-11,24H,4-5,12H2,1-3H3,(H,22,25). The molecule has 2 rings (SSSR count). The number of amides is 1. The maximum Gasteiger partial charge on any atom is 0.342 e. The third-order valence-corrected chi connectivity index (χ3v) is 6.62. The number of halogens is 1. The van der Waals surface area contributed by atoms with Crippen molar-refractivity contribution in [1.29, 1.82) is 0 Å². The molecule has 0 aromatic heterocycles. The molecule has 0 aliphatic heterocycles. The van der Waals surface area contributed by atoms with Crippen molar-refractivity contribution in [2.24, 2.45) is 0 Å². The lowest BCUT2D eigenvalue weighted by molar-refractivity contribution is -0.119. The zero-order valence-electron chi connectivity index (χ0n) is 16.8. The number of ether oxygens (including phenoxy) is 1. The van der Waals surface area contributed by atoms with Crippen LogP contribution in [0, 0.1) is 6.92 Å². The zero-order valence-corrected chi connectivity index (χ0v) is 18.4. The smallest absolute Gasteiger partial charge is 0.342 e. The highest BCUT2D eigenvalue weighted by Crippen LogP contribution is 2.24. The number of aromatic hydroxyl groups is 1. The number of hydrogen-bond donors (Lipinski definition) is 2. The predicted octanol–water partition coefficient (Wildman–Crippen LogP) is 3.18. The van der Waals surface area contributed by atoms with Crippen molar-refractivity contribution in [2.45, 2.75) is 25.7 Å². The summed E-state index contributed by atoms with van der Waals surface area (Å²) in [5.74, 6) is -1.91. The fourth-order valence-electron chi connectivity index (χ4n) is 2.68. The van der Waals surface area contributed by atoms with E-state index in [9.17, 15) is 23.1 Å². The second kappa shape index (κ2) is 9.92. The summed E-state index contributed by atoms with van der Waals surface area (Å²) in [6, 6.07) is 8.30. The molecule has 0 fully saturated rings. The first-order chi connectivity index (χ1) is 14.1. The molecule has 10 heteroatoms. The van der Waals surface area contributed by atoms with Crippen LogP contribution in [0.2, 0.25) is 5.02 Å². The van der Waals surface area contributed by atoms with E-state index in [-0.39, 0.29) is 21.2 Å². The fraction of sp³-hybridized carbons (Fsp3) is 0.300. The fourth-order valence-corrected chi connectivity index (χ4v) is 4.33. The Morgan fingerprint density at radius 2 is 1.80 bits per heavy atom. The molecule has 2 N–H and O–H groups in total. The summed E-state index contributed by atoms with van der Waals surface area (Å²) >= 11 is 5.71. The Labute approximate surface area is 180 Å². The van der Waals surface area contributed by atoms with Gasteiger partial charge in [-0.25, -0.2) is 13.2 Å². The third-order valence-electron chi connectivity index (χ3n) is 4.34. The predicted molar refractivity (Wildman–Crippen MR) is 113 cm³/mol. The summed E-state index contributed by atoms with van der Waals surface area (Å²) in [5, 5.41) is 12.5. The molecule has 0 radical (unpaired) electrons. The van der Waals surface area contributed by atoms with Gasteiger partial charge in [0.05, 0.1) is 4.90 Å². The molecular formula is C20H23ClN2O6S. The van der Waals surface area contributed by atoms with E-state index in [0.717, 1.165) is 0 Å². The largest absolute Gasteiger partial charge is 0.507 e. The van der Waals surface area contributed by atoms with Gasteiger partial charge in [-0.15, -0.1) is 0 Å². The van der Waals surface area contributed by atoms with Crippen LogP contribution in [-0.4, -0.2) is 49.4 Å². The van der Waals surface area contributed by atoms with Gasteiger partial charge in [0.1, 0.15) is 11.3 Å². The van der Waals surface area contributed by atoms with E-state index in [4.69, 9.17) is 16.3 Å². The highest BCUT2D eigenvalue weighted by molar-refractivity contribution is 7.89. The molecule has 162 valence electrons. The van der Waals surface area contributed by atoms with Crippen LogP contribution in [-0.2, 0) is 19.6 Å². The number of aryl methyl sites for hydroxylation is 1. The van der Waals surface area contributed by atoms with Gasteiger partial charge in [0, 0.05) is 23.8 Å². The van der Waals surface area contributed by atoms with Crippen LogP contribution in [0.3, 0.4) is 0 Å². The molecule has 0 unspecified atom stereocenters. The van der Waals surface area contributed by atoms with Crippen LogP contribution >= 0.6 is 11.6 Å². The third kappa shape index (κ3) is 5.50. The molecule has 2 aromatic carbocycles. The highest BCUT2D eigenvalue weighted by Gasteiger charge is 2.23. The molecule has 0 spiro atoms. The normalized spacial score (nSPS) is 11.4. The number of nitrogens with zero attached hydrogens (tertiary/aromatic N) is 1. The molecule has 0 saturated carbocycles. The SMILES string of the molecule is CCN(CC)S(=O)(=O)c1ccc(C)c(NC(=O)COC(=O)c2ccc(Cl)cc2O)c1. The summed E-state index contributed by atoms with van der Waals surface area (Å²) in [7, 11) is -3.69. The molecule has 0 aliphatic carbocycles. The Morgan fingerprint density at radius 1 is 1.13 bits per heavy atom. The Kier molecular flexibility index (Phi) is 7.83. The van der Waals surface area contributed by atoms with Gasteiger partial charge in [-0.3, -0.25) is 4.79 Å². The molecule has 30 heavy (non-hydrogen) atoms. The molecule has 0 bridgehead atoms. The number of hydrogen-bond acceptors (Lipinski definition) is 6. The Balaban J connectivity index is 2.10. The van der Waals surface area contributed by atoms with Crippen LogP contribution in [0.1, 0.15) is 29.8 Å². The first-order valence-corrected chi connectivity index (χ1v) is 11.0. The van der Waals surface area contributed by atoms with Gasteiger partial charge in [-0.2, -0.15) is 4.31 Å². The van der Waals surface area contributed by atoms with E-state index in [0.29, 0.717) is 24.3 Å². The first kappa shape index (κ1) is 23.7. The second-order valence-corrected chi connectivity index (χ2v) is 8.73. The van der Waals surface area contributed by atoms with Gasteiger partial charge in [0.2, 0.25) is 10.0 Å². The number of phenols is 1. The molecule has 0 atom stereocenters. The minimum absolute atomic E-state index is 0.0511. The molecule has 8 nitrogen and oxygen atoms in total. The van der Waals surface area contributed by atoms with Crippen molar-refractivity contribution in [3.8, 4) is 5.75 Å². The number of benzene rings is 2. The van der Waals surface area contributed by atoms with Crippen molar-refractivity contribution >= 4 is 39.2 Å². The topological polar surface area (TPSA) is 113 Å². The first-order valence-electron chi connectivity index (χ1n) is 9.16. The van der Waals surface area contributed by atoms with E-state index < -0.39 is 28.5 Å². The van der Waals surface area contributed by atoms with Crippen LogP contribution in [0.5, 0.6) is 5.75 Å². The van der Waals surface area contributed by atoms with E-state index in [2.05, 4.69) is 5.32 Å². The van der Waals surface area contributed by atoms with Crippen molar-refractivity contribution < 1.29 is 27.9 Å². The molecule has 0 saturated heterocycles. The summed E-state index contributed by atoms with van der Waals surface area (Å²) in [6.07, 6.45) is 0. The summed E-state index contributed by atoms with van der Waals surface area (Å²) < 4.78 is 31.6. The maximum absolute atomic E-state index is 12.7. The van der Waals surface area contributed by atoms with E-state index in [1.165, 1.54) is 34.6 Å². The highest BCUT2D eigenvalue weighted by atomic mass is 35.5. The summed E-state index contributed by atoms with van der Waals surface area (Å²) in [6.45, 7) is 5.22. The van der Waals surface area contributed by atoms with Gasteiger partial charge >= 0.3 is 5.97 Å². The number of esters is 1. The minimum atomic E-state index is -3.69. The number of nitrogens with one attached hydrogen (secondary N) is 1. The minimum Gasteiger partial charge on any atom is -0.507 e. The van der Waals surface area contributed by atoms with Gasteiger partial charge in [-0.1, -0.05) is 31.5 Å². The second-order valence-electron chi connectivity index (χ2n) is 6.35. The van der Waals surface area contributed by atoms with Crippen LogP contribution in [0.15, 0.2) is 41.3 Å². The average molecular weight is 455 g/mol. The lowest BCUT2D eigenvalue weighted by atomic mass is 10.2. The Bertz CT molecular complexity index is 1050. The number of anilines is 1. The number of carbonyl (C=O) groups excluding carboxylic acids is 2. The van der Waals surface area contributed by atoms with Crippen molar-refractivity contribution in [3.63, 3.8) is 0 Å². The molecule has 0 aliphatic rings. The van der Waals surface area contributed by atoms with Gasteiger partial charge in [0.25, 0.3) is 5.91 Å². The van der Waals surface area contributed by atoms with Gasteiger partial charge in [-0.05, 0) is 42.8 Å². The van der Waals surface area contributed by atoms with Gasteiger partial charge < -0.3 is 15.2 Å². The molecular weight excluding hydrogens is 432 g/mol. The van der Waals surface area contributed by atoms with E-state index in [1.807, 2.05) is 0 Å². The summed E-state index contributed by atoms with van der Waals surface area (Å²) in [4.78, 5) is 24.3. The lowest BCUT2D eigenvalue weighted by Crippen LogP contribution is -2.30. The molecule has 0 heterocycles. The monoisotopic (exact) mass is 454 g/mol. The van der Waals surface area contributed by atoms with E-state index in [1.54, 1.807) is 26.8 Å². The van der Waals surface area contributed by atoms with Crippen molar-refractivity contribution in [2.75, 3.05) is 25.0 Å². The van der Waals surface area contributed by atoms with Crippen LogP contribution in [0.25, 0.3) is 0 Å². The Morgan fingerprint density at radius 3 is 2.40 bits per heavy atom. The molecule has 2 aromatic rings. The number of carbonyl (C=O) groups is 2.